The van der Waals surface area contributed by atoms with Crippen LogP contribution in [0, 0.1) is 0 Å². The molecular weight excluding hydrogens is 524 g/mol. The highest BCUT2D eigenvalue weighted by Gasteiger charge is 2.41. The van der Waals surface area contributed by atoms with E-state index < -0.39 is 6.10 Å². The zero-order chi connectivity index (χ0) is 31.4. The molecule has 0 aromatic carbocycles. The molecule has 2 rings (SSSR count). The van der Waals surface area contributed by atoms with Gasteiger partial charge in [-0.1, -0.05) is 122 Å². The third-order valence-corrected chi connectivity index (χ3v) is 9.66. The molecule has 4 atom stereocenters. The summed E-state index contributed by atoms with van der Waals surface area (Å²) in [5.74, 6) is 0. The Bertz CT molecular complexity index is 683. The second-order valence-corrected chi connectivity index (χ2v) is 13.9. The number of nitrogens with zero attached hydrogens (tertiary/aromatic N) is 2. The highest BCUT2D eigenvalue weighted by atomic mass is 16.5. The first-order valence-corrected chi connectivity index (χ1v) is 17.7. The summed E-state index contributed by atoms with van der Waals surface area (Å²) in [6, 6.07) is 0.235. The predicted molar refractivity (Wildman–Crippen MR) is 179 cm³/mol. The molecule has 2 aliphatic rings. The summed E-state index contributed by atoms with van der Waals surface area (Å²) in [5.41, 5.74) is -0.498. The van der Waals surface area contributed by atoms with Crippen LogP contribution in [0.25, 0.3) is 0 Å². The van der Waals surface area contributed by atoms with Gasteiger partial charge in [0, 0.05) is 0 Å². The molecule has 42 heavy (non-hydrogen) atoms. The fourth-order valence-electron chi connectivity index (χ4n) is 5.94. The Morgan fingerprint density at radius 2 is 1.05 bits per heavy atom. The summed E-state index contributed by atoms with van der Waals surface area (Å²) in [6.07, 6.45) is 26.7. The normalized spacial score (nSPS) is 23.8. The van der Waals surface area contributed by atoms with E-state index in [0.29, 0.717) is 13.2 Å². The second kappa shape index (κ2) is 22.1. The molecule has 2 fully saturated rings. The molecule has 0 aromatic heterocycles. The van der Waals surface area contributed by atoms with Gasteiger partial charge in [-0.3, -0.25) is 9.80 Å². The van der Waals surface area contributed by atoms with Gasteiger partial charge in [-0.2, -0.15) is 0 Å². The van der Waals surface area contributed by atoms with Crippen molar-refractivity contribution in [2.45, 2.75) is 193 Å². The van der Waals surface area contributed by atoms with E-state index in [1.165, 1.54) is 96.3 Å². The van der Waals surface area contributed by atoms with E-state index in [0.717, 1.165) is 19.3 Å². The molecule has 0 radical (unpaired) electrons. The van der Waals surface area contributed by atoms with Crippen LogP contribution < -0.4 is 0 Å². The van der Waals surface area contributed by atoms with E-state index in [1.807, 2.05) is 27.0 Å². The van der Waals surface area contributed by atoms with Crippen molar-refractivity contribution >= 4 is 0 Å². The highest BCUT2D eigenvalue weighted by molar-refractivity contribution is 4.99. The number of hydrogen-bond donors (Lipinski definition) is 2. The molecule has 0 amide bonds. The first-order valence-electron chi connectivity index (χ1n) is 17.7. The molecule has 0 unspecified atom stereocenters. The first kappa shape index (κ1) is 39.5. The van der Waals surface area contributed by atoms with Gasteiger partial charge in [0.1, 0.15) is 11.4 Å². The van der Waals surface area contributed by atoms with Crippen LogP contribution in [0.1, 0.15) is 157 Å². The number of aliphatic hydroxyl groups is 2. The summed E-state index contributed by atoms with van der Waals surface area (Å²) < 4.78 is 11.5. The monoisotopic (exact) mass is 597 g/mol. The van der Waals surface area contributed by atoms with E-state index in [-0.39, 0.29) is 29.6 Å². The minimum Gasteiger partial charge on any atom is -0.391 e. The summed E-state index contributed by atoms with van der Waals surface area (Å²) in [7, 11) is 4.07. The lowest BCUT2D eigenvalue weighted by molar-refractivity contribution is -0.0465. The van der Waals surface area contributed by atoms with Crippen molar-refractivity contribution in [1.29, 1.82) is 0 Å². The molecule has 6 nitrogen and oxygen atoms in total. The van der Waals surface area contributed by atoms with Gasteiger partial charge in [-0.25, -0.2) is 0 Å². The van der Waals surface area contributed by atoms with Gasteiger partial charge in [0.15, 0.2) is 0 Å². The number of aliphatic hydroxyl groups excluding tert-OH is 2. The lowest BCUT2D eigenvalue weighted by atomic mass is 10.0. The molecule has 0 aliphatic carbocycles. The summed E-state index contributed by atoms with van der Waals surface area (Å²) in [6.45, 7) is 14.0. The number of hydrogen-bond acceptors (Lipinski definition) is 6. The van der Waals surface area contributed by atoms with Crippen LogP contribution >= 0.6 is 0 Å². The van der Waals surface area contributed by atoms with Crippen molar-refractivity contribution < 1.29 is 19.7 Å². The Morgan fingerprint density at radius 1 is 0.643 bits per heavy atom. The molecule has 6 heteroatoms. The van der Waals surface area contributed by atoms with Crippen molar-refractivity contribution in [3.8, 4) is 0 Å². The standard InChI is InChI=1S/C18H37NO2.C18H35NO2/c2*1-5-6-7-8-9-10-11-12-13-14-17(20)16-15-21-18(2,3)19(16)4/h16-17,20H,5-15H2,1-4H3;13-14,16-17,20H,5-12,15H2,1-4H3/b;14-13+/t2*16-,17+/m00/s1. The maximum absolute atomic E-state index is 10.3. The van der Waals surface area contributed by atoms with Crippen molar-refractivity contribution in [2.75, 3.05) is 27.3 Å². The summed E-state index contributed by atoms with van der Waals surface area (Å²) in [5, 5.41) is 20.6. The lowest BCUT2D eigenvalue weighted by Gasteiger charge is -2.31. The van der Waals surface area contributed by atoms with Crippen molar-refractivity contribution in [3.05, 3.63) is 12.2 Å². The van der Waals surface area contributed by atoms with Crippen LogP contribution in [0.5, 0.6) is 0 Å². The fourth-order valence-corrected chi connectivity index (χ4v) is 5.94. The Kier molecular flexibility index (Phi) is 20.8. The summed E-state index contributed by atoms with van der Waals surface area (Å²) in [4.78, 5) is 4.29. The third-order valence-electron chi connectivity index (χ3n) is 9.66. The van der Waals surface area contributed by atoms with Crippen molar-refractivity contribution in [1.82, 2.24) is 9.80 Å². The lowest BCUT2D eigenvalue weighted by Crippen LogP contribution is -2.45. The molecule has 0 bridgehead atoms. The molecule has 0 aromatic rings. The van der Waals surface area contributed by atoms with Crippen molar-refractivity contribution in [2.24, 2.45) is 0 Å². The van der Waals surface area contributed by atoms with Gasteiger partial charge in [0.05, 0.1) is 37.5 Å². The van der Waals surface area contributed by atoms with E-state index in [9.17, 15) is 10.2 Å². The average molecular weight is 597 g/mol. The Morgan fingerprint density at radius 3 is 1.48 bits per heavy atom. The van der Waals surface area contributed by atoms with Gasteiger partial charge < -0.3 is 19.7 Å². The largest absolute Gasteiger partial charge is 0.391 e. The highest BCUT2D eigenvalue weighted by Crippen LogP contribution is 2.29. The average Bonchev–Trinajstić information content (AvgIpc) is 3.39. The molecule has 2 N–H and O–H groups in total. The second-order valence-electron chi connectivity index (χ2n) is 13.9. The fraction of sp³-hybridized carbons (Fsp3) is 0.944. The van der Waals surface area contributed by atoms with Crippen LogP contribution in [0.15, 0.2) is 12.2 Å². The summed E-state index contributed by atoms with van der Waals surface area (Å²) >= 11 is 0. The molecule has 2 aliphatic heterocycles. The van der Waals surface area contributed by atoms with Crippen LogP contribution in [0.3, 0.4) is 0 Å². The Hall–Kier alpha value is -0.500. The predicted octanol–water partition coefficient (Wildman–Crippen LogP) is 8.45. The van der Waals surface area contributed by atoms with Gasteiger partial charge in [-0.05, 0) is 61.1 Å². The molecule has 2 heterocycles. The van der Waals surface area contributed by atoms with Gasteiger partial charge in [-0.15, -0.1) is 0 Å². The van der Waals surface area contributed by atoms with Crippen LogP contribution in [-0.4, -0.2) is 83.1 Å². The van der Waals surface area contributed by atoms with E-state index in [1.54, 1.807) is 0 Å². The Labute approximate surface area is 261 Å². The number of allylic oxidation sites excluding steroid dienone is 1. The third kappa shape index (κ3) is 15.5. The number of ether oxygens (including phenoxy) is 2. The molecular formula is C36H72N2O4. The Balaban J connectivity index is 0.000000420. The molecule has 2 saturated heterocycles. The van der Waals surface area contributed by atoms with E-state index in [4.69, 9.17) is 9.47 Å². The zero-order valence-electron chi connectivity index (χ0n) is 29.2. The van der Waals surface area contributed by atoms with Crippen molar-refractivity contribution in [3.63, 3.8) is 0 Å². The smallest absolute Gasteiger partial charge is 0.116 e. The SMILES string of the molecule is CCCCCCCCC/C=C/[C@@H](O)[C@@H]1COC(C)(C)N1C.CCCCCCCCCCC[C@@H](O)[C@@H]1COC(C)(C)N1C. The number of rotatable bonds is 21. The maximum Gasteiger partial charge on any atom is 0.116 e. The maximum atomic E-state index is 10.3. The number of likely N-dealkylation sites (N-methyl/N-ethyl adjacent to an activating group) is 2. The van der Waals surface area contributed by atoms with Crippen LogP contribution in [0.4, 0.5) is 0 Å². The van der Waals surface area contributed by atoms with Gasteiger partial charge >= 0.3 is 0 Å². The van der Waals surface area contributed by atoms with E-state index >= 15 is 0 Å². The van der Waals surface area contributed by atoms with Gasteiger partial charge in [0.2, 0.25) is 0 Å². The van der Waals surface area contributed by atoms with Gasteiger partial charge in [0.25, 0.3) is 0 Å². The van der Waals surface area contributed by atoms with Crippen LogP contribution in [-0.2, 0) is 9.47 Å². The van der Waals surface area contributed by atoms with Crippen LogP contribution in [0.2, 0.25) is 0 Å². The molecule has 250 valence electrons. The minimum absolute atomic E-state index is 0.0743. The molecule has 0 saturated carbocycles. The minimum atomic E-state index is -0.429. The topological polar surface area (TPSA) is 65.4 Å². The van der Waals surface area contributed by atoms with E-state index in [2.05, 4.69) is 50.6 Å². The molecule has 0 spiro atoms. The zero-order valence-corrected chi connectivity index (χ0v) is 29.2. The quantitative estimate of drug-likeness (QED) is 0.102. The first-order chi connectivity index (χ1) is 20.0. The number of unbranched alkanes of at least 4 members (excludes halogenated alkanes) is 15.